The molecule has 1 aromatic heterocycles. The Hall–Kier alpha value is -3.70. The summed E-state index contributed by atoms with van der Waals surface area (Å²) >= 11 is 0. The number of amidine groups is 1. The number of nitrogens with one attached hydrogen (secondary N) is 3. The zero-order valence-electron chi connectivity index (χ0n) is 19.2. The number of carbonyl (C=O) groups is 2. The van der Waals surface area contributed by atoms with Crippen molar-refractivity contribution in [2.75, 3.05) is 11.9 Å². The van der Waals surface area contributed by atoms with Gasteiger partial charge in [0.05, 0.1) is 24.6 Å². The predicted octanol–water partition coefficient (Wildman–Crippen LogP) is 2.51. The number of hydrogen-bond donors (Lipinski definition) is 5. The molecule has 1 aliphatic heterocycles. The maximum absolute atomic E-state index is 14.6. The molecule has 182 valence electrons. The maximum atomic E-state index is 14.6. The molecule has 3 rings (SSSR count). The van der Waals surface area contributed by atoms with E-state index in [0.29, 0.717) is 19.1 Å². The van der Waals surface area contributed by atoms with Crippen LogP contribution in [-0.2, 0) is 17.9 Å². The van der Waals surface area contributed by atoms with Crippen LogP contribution in [0.2, 0.25) is 0 Å². The van der Waals surface area contributed by atoms with Crippen LogP contribution in [0.5, 0.6) is 0 Å². The molecule has 10 nitrogen and oxygen atoms in total. The molecule has 1 unspecified atom stereocenters. The van der Waals surface area contributed by atoms with Crippen LogP contribution >= 0.6 is 0 Å². The molecular formula is C23H29FN6O4. The summed E-state index contributed by atoms with van der Waals surface area (Å²) in [6.07, 6.45) is 0.941. The third-order valence-corrected chi connectivity index (χ3v) is 5.38. The summed E-state index contributed by atoms with van der Waals surface area (Å²) in [7, 11) is 0. The number of nitrogens with zero attached hydrogens (tertiary/aromatic N) is 3. The van der Waals surface area contributed by atoms with E-state index in [1.807, 2.05) is 0 Å². The third-order valence-electron chi connectivity index (χ3n) is 5.38. The number of aromatic nitrogens is 1. The van der Waals surface area contributed by atoms with Crippen LogP contribution in [0.4, 0.5) is 10.2 Å². The molecule has 1 aliphatic rings. The summed E-state index contributed by atoms with van der Waals surface area (Å²) in [6.45, 7) is 6.66. The highest BCUT2D eigenvalue weighted by Gasteiger charge is 2.25. The van der Waals surface area contributed by atoms with E-state index in [1.165, 1.54) is 11.0 Å². The van der Waals surface area contributed by atoms with Crippen LogP contribution in [0.25, 0.3) is 0 Å². The first-order valence-corrected chi connectivity index (χ1v) is 10.6. The van der Waals surface area contributed by atoms with Crippen molar-refractivity contribution < 1.29 is 24.2 Å². The second-order valence-electron chi connectivity index (χ2n) is 7.98. The Kier molecular flexibility index (Phi) is 9.34. The highest BCUT2D eigenvalue weighted by atomic mass is 19.1. The summed E-state index contributed by atoms with van der Waals surface area (Å²) in [5, 5.41) is 34.5. The zero-order chi connectivity index (χ0) is 25.4. The van der Waals surface area contributed by atoms with Crippen molar-refractivity contribution in [3.8, 4) is 0 Å². The number of amides is 1. The van der Waals surface area contributed by atoms with Crippen molar-refractivity contribution in [1.82, 2.24) is 14.8 Å². The van der Waals surface area contributed by atoms with Crippen molar-refractivity contribution in [3.63, 3.8) is 0 Å². The Balaban J connectivity index is 0.00000129. The molecule has 0 bridgehead atoms. The molecule has 2 aromatic rings. The van der Waals surface area contributed by atoms with Gasteiger partial charge in [0.25, 0.3) is 12.4 Å². The summed E-state index contributed by atoms with van der Waals surface area (Å²) in [6, 6.07) is 7.58. The van der Waals surface area contributed by atoms with E-state index in [4.69, 9.17) is 20.7 Å². The highest BCUT2D eigenvalue weighted by Crippen LogP contribution is 2.27. The minimum Gasteiger partial charge on any atom is -0.483 e. The molecule has 5 N–H and O–H groups in total. The first kappa shape index (κ1) is 26.6. The molecule has 2 heterocycles. The van der Waals surface area contributed by atoms with E-state index < -0.39 is 17.8 Å². The molecule has 0 fully saturated rings. The molecule has 0 saturated heterocycles. The third kappa shape index (κ3) is 6.21. The van der Waals surface area contributed by atoms with Gasteiger partial charge in [-0.15, -0.1) is 0 Å². The Morgan fingerprint density at radius 3 is 2.47 bits per heavy atom. The Bertz CT molecular complexity index is 1060. The van der Waals surface area contributed by atoms with Crippen LogP contribution in [0.15, 0.2) is 30.3 Å². The molecule has 0 radical (unpaired) electrons. The number of aliphatic hydroxyl groups is 1. The highest BCUT2D eigenvalue weighted by molar-refractivity contribution is 6.05. The molecular weight excluding hydrogens is 443 g/mol. The minimum atomic E-state index is -0.618. The molecule has 1 amide bonds. The molecule has 0 spiro atoms. The first-order chi connectivity index (χ1) is 16.2. The van der Waals surface area contributed by atoms with Crippen molar-refractivity contribution in [3.05, 3.63) is 58.5 Å². The molecule has 0 aliphatic carbocycles. The first-order valence-electron chi connectivity index (χ1n) is 10.6. The lowest BCUT2D eigenvalue weighted by molar-refractivity contribution is -0.122. The van der Waals surface area contributed by atoms with Crippen LogP contribution in [0.1, 0.15) is 48.0 Å². The van der Waals surface area contributed by atoms with Crippen molar-refractivity contribution in [1.29, 1.82) is 10.8 Å². The Labute approximate surface area is 197 Å². The fourth-order valence-electron chi connectivity index (χ4n) is 3.44. The number of aliphatic hydroxyl groups excluding tert-OH is 1. The smallest absolute Gasteiger partial charge is 0.290 e. The number of rotatable bonds is 7. The fourth-order valence-corrected chi connectivity index (χ4v) is 3.44. The number of carboxylic acid groups (broad SMARTS) is 1. The van der Waals surface area contributed by atoms with E-state index in [0.717, 1.165) is 17.5 Å². The van der Waals surface area contributed by atoms with Gasteiger partial charge in [-0.2, -0.15) is 0 Å². The number of hydrogen-bond acceptors (Lipinski definition) is 7. The van der Waals surface area contributed by atoms with Gasteiger partial charge >= 0.3 is 0 Å². The number of pyridine rings is 1. The average Bonchev–Trinajstić information content (AvgIpc) is 3.22. The molecule has 11 heteroatoms. The van der Waals surface area contributed by atoms with Crippen LogP contribution < -0.4 is 5.32 Å². The predicted molar refractivity (Wildman–Crippen MR) is 126 cm³/mol. The number of fused-ring (bicyclic) bond motifs is 1. The number of halogens is 1. The van der Waals surface area contributed by atoms with Crippen LogP contribution in [0.3, 0.4) is 0 Å². The van der Waals surface area contributed by atoms with Gasteiger partial charge in [-0.3, -0.25) is 25.3 Å². The molecule has 0 saturated carbocycles. The molecule has 1 aromatic carbocycles. The number of benzene rings is 1. The Morgan fingerprint density at radius 2 is 1.91 bits per heavy atom. The zero-order valence-corrected chi connectivity index (χ0v) is 19.2. The monoisotopic (exact) mass is 472 g/mol. The van der Waals surface area contributed by atoms with E-state index in [2.05, 4.69) is 29.0 Å². The lowest BCUT2D eigenvalue weighted by atomic mass is 10.1. The van der Waals surface area contributed by atoms with Crippen molar-refractivity contribution in [2.24, 2.45) is 0 Å². The summed E-state index contributed by atoms with van der Waals surface area (Å²) in [4.78, 5) is 28.8. The topological polar surface area (TPSA) is 154 Å². The summed E-state index contributed by atoms with van der Waals surface area (Å²) < 4.78 is 14.6. The number of anilines is 1. The van der Waals surface area contributed by atoms with E-state index in [1.54, 1.807) is 31.2 Å². The SMILES string of the molecule is CC(C)N1Cc2cc(F)c(C(=O)Nc3cccc(C(=N)N(C=N)C(C)CO)n3)cc2C1.O=CO. The summed E-state index contributed by atoms with van der Waals surface area (Å²) in [5.74, 6) is -1.13. The minimum absolute atomic E-state index is 0.0540. The lowest BCUT2D eigenvalue weighted by Crippen LogP contribution is -2.39. The van der Waals surface area contributed by atoms with Gasteiger partial charge < -0.3 is 20.4 Å². The van der Waals surface area contributed by atoms with E-state index in [9.17, 15) is 14.3 Å². The second-order valence-corrected chi connectivity index (χ2v) is 7.98. The standard InChI is InChI=1S/C22H27FN6O2.CH2O2/c1-13(2)28-9-15-7-17(18(23)8-16(15)10-28)22(31)27-20-6-4-5-19(26-20)21(25)29(12-24)14(3)11-30;2-1-3/h4-8,12-14,24-25,30H,9-11H2,1-3H3,(H,26,27,31);1H,(H,2,3). The quantitative estimate of drug-likeness (QED) is 0.236. The summed E-state index contributed by atoms with van der Waals surface area (Å²) in [5.41, 5.74) is 1.98. The van der Waals surface area contributed by atoms with Gasteiger partial charge in [-0.1, -0.05) is 6.07 Å². The van der Waals surface area contributed by atoms with Crippen molar-refractivity contribution >= 4 is 30.4 Å². The molecule has 1 atom stereocenters. The van der Waals surface area contributed by atoms with Crippen molar-refractivity contribution in [2.45, 2.75) is 45.9 Å². The Morgan fingerprint density at radius 1 is 1.29 bits per heavy atom. The van der Waals surface area contributed by atoms with Gasteiger partial charge in [0.1, 0.15) is 17.3 Å². The van der Waals surface area contributed by atoms with Gasteiger partial charge in [-0.25, -0.2) is 9.37 Å². The maximum Gasteiger partial charge on any atom is 0.290 e. The van der Waals surface area contributed by atoms with Gasteiger partial charge in [-0.05, 0) is 56.2 Å². The largest absolute Gasteiger partial charge is 0.483 e. The normalized spacial score (nSPS) is 13.4. The van der Waals surface area contributed by atoms with Gasteiger partial charge in [0.15, 0.2) is 5.84 Å². The van der Waals surface area contributed by atoms with E-state index >= 15 is 0 Å². The van der Waals surface area contributed by atoms with Crippen LogP contribution in [0, 0.1) is 16.6 Å². The second kappa shape index (κ2) is 12.0. The number of carbonyl (C=O) groups excluding carboxylic acids is 1. The van der Waals surface area contributed by atoms with E-state index in [-0.39, 0.29) is 36.0 Å². The van der Waals surface area contributed by atoms with Crippen LogP contribution in [-0.4, -0.2) is 68.2 Å². The fraction of sp³-hybridized carbons (Fsp3) is 0.348. The van der Waals surface area contributed by atoms with Gasteiger partial charge in [0, 0.05) is 19.1 Å². The van der Waals surface area contributed by atoms with Gasteiger partial charge in [0.2, 0.25) is 0 Å². The average molecular weight is 473 g/mol. The molecule has 34 heavy (non-hydrogen) atoms. The lowest BCUT2D eigenvalue weighted by Gasteiger charge is -2.25.